The summed E-state index contributed by atoms with van der Waals surface area (Å²) in [4.78, 5) is 4.60. The molecule has 3 heterocycles. The van der Waals surface area contributed by atoms with Crippen molar-refractivity contribution in [1.82, 2.24) is 14.6 Å². The van der Waals surface area contributed by atoms with Gasteiger partial charge in [-0.1, -0.05) is 10.6 Å². The number of nitrogens with zero attached hydrogens (tertiary/aromatic N) is 4. The van der Waals surface area contributed by atoms with E-state index < -0.39 is 0 Å². The monoisotopic (exact) mass is 243 g/mol. The largest absolute Gasteiger partial charge is 0.392 e. The Balaban J connectivity index is 2.23. The van der Waals surface area contributed by atoms with Crippen LogP contribution in [0.25, 0.3) is 11.4 Å². The highest BCUT2D eigenvalue weighted by molar-refractivity contribution is 5.35. The quantitative estimate of drug-likeness (QED) is 0.651. The molecule has 92 valence electrons. The topological polar surface area (TPSA) is 43.5 Å². The number of fused-ring (bicyclic) bond motifs is 3. The zero-order valence-corrected chi connectivity index (χ0v) is 10.5. The van der Waals surface area contributed by atoms with Gasteiger partial charge in [-0.3, -0.25) is 0 Å². The van der Waals surface area contributed by atoms with Crippen LogP contribution in [0.4, 0.5) is 0 Å². The summed E-state index contributed by atoms with van der Waals surface area (Å²) in [6.07, 6.45) is 1.97. The van der Waals surface area contributed by atoms with Crippen LogP contribution in [0, 0.1) is 6.92 Å². The highest BCUT2D eigenvalue weighted by Crippen LogP contribution is 2.06. The fourth-order valence-electron chi connectivity index (χ4n) is 2.02. The second kappa shape index (κ2) is 4.34. The third-order valence-electron chi connectivity index (χ3n) is 2.85. The van der Waals surface area contributed by atoms with E-state index in [-0.39, 0.29) is 0 Å². The highest BCUT2D eigenvalue weighted by atomic mass is 16.5. The summed E-state index contributed by atoms with van der Waals surface area (Å²) in [6.45, 7) is 5.23. The zero-order chi connectivity index (χ0) is 12.5. The smallest absolute Gasteiger partial charge is 0.374 e. The molecule has 5 nitrogen and oxygen atoms in total. The van der Waals surface area contributed by atoms with E-state index in [1.807, 2.05) is 53.2 Å². The van der Waals surface area contributed by atoms with Crippen LogP contribution < -0.4 is 4.40 Å². The average Bonchev–Trinajstić information content (AvgIpc) is 2.76. The first-order chi connectivity index (χ1) is 8.79. The number of hydrogen-bond acceptors (Lipinski definition) is 3. The van der Waals surface area contributed by atoms with Crippen molar-refractivity contribution in [2.24, 2.45) is 0 Å². The molecule has 0 unspecified atom stereocenters. The third-order valence-corrected chi connectivity index (χ3v) is 2.85. The maximum atomic E-state index is 5.41. The van der Waals surface area contributed by atoms with Gasteiger partial charge in [-0.25, -0.2) is 0 Å². The molecular weight excluding hydrogens is 228 g/mol. The van der Waals surface area contributed by atoms with Crippen molar-refractivity contribution in [3.8, 4) is 0 Å². The van der Waals surface area contributed by atoms with Crippen molar-refractivity contribution in [2.75, 3.05) is 6.61 Å². The summed E-state index contributed by atoms with van der Waals surface area (Å²) in [5, 5.41) is 4.51. The fourth-order valence-corrected chi connectivity index (χ4v) is 2.02. The molecule has 18 heavy (non-hydrogen) atoms. The summed E-state index contributed by atoms with van der Waals surface area (Å²) in [5.41, 5.74) is 2.88. The summed E-state index contributed by atoms with van der Waals surface area (Å²) < 4.78 is 9.24. The van der Waals surface area contributed by atoms with Crippen molar-refractivity contribution in [2.45, 2.75) is 20.5 Å². The molecule has 0 aromatic carbocycles. The van der Waals surface area contributed by atoms with Gasteiger partial charge < -0.3 is 4.74 Å². The summed E-state index contributed by atoms with van der Waals surface area (Å²) in [6, 6.07) is 7.92. The Hall–Kier alpha value is -2.01. The molecule has 0 N–H and O–H groups in total. The summed E-state index contributed by atoms with van der Waals surface area (Å²) in [5.74, 6) is 0.820. The van der Waals surface area contributed by atoms with Gasteiger partial charge >= 0.3 is 5.78 Å². The molecule has 3 rings (SSSR count). The van der Waals surface area contributed by atoms with E-state index in [1.54, 1.807) is 0 Å². The van der Waals surface area contributed by atoms with E-state index in [0.29, 0.717) is 13.2 Å². The zero-order valence-electron chi connectivity index (χ0n) is 10.5. The van der Waals surface area contributed by atoms with Crippen LogP contribution in [0.15, 0.2) is 30.5 Å². The summed E-state index contributed by atoms with van der Waals surface area (Å²) >= 11 is 0. The van der Waals surface area contributed by atoms with Crippen LogP contribution in [0.2, 0.25) is 0 Å². The summed E-state index contributed by atoms with van der Waals surface area (Å²) in [7, 11) is 0. The highest BCUT2D eigenvalue weighted by Gasteiger charge is 2.17. The molecule has 3 aromatic rings. The van der Waals surface area contributed by atoms with Gasteiger partial charge in [-0.05, 0) is 19.9 Å². The van der Waals surface area contributed by atoms with E-state index >= 15 is 0 Å². The Morgan fingerprint density at radius 3 is 3.11 bits per heavy atom. The normalized spacial score (nSPS) is 11.4. The van der Waals surface area contributed by atoms with Crippen molar-refractivity contribution in [3.63, 3.8) is 0 Å². The molecule has 0 saturated heterocycles. The predicted octanol–water partition coefficient (Wildman–Crippen LogP) is 1.31. The lowest BCUT2D eigenvalue weighted by atomic mass is 10.3. The second-order valence-electron chi connectivity index (χ2n) is 4.17. The van der Waals surface area contributed by atoms with E-state index in [4.69, 9.17) is 4.74 Å². The lowest BCUT2D eigenvalue weighted by molar-refractivity contribution is -0.485. The minimum Gasteiger partial charge on any atom is -0.374 e. The molecular formula is C13H15N4O+. The fraction of sp³-hybridized carbons (Fsp3) is 0.308. The standard InChI is InChI=1S/C13H15N4O/c1-3-18-9-11-8-10(2)17-13(14-11)16-7-5-4-6-12(16)15-17/h4-8H,3,9H2,1-2H3/q+1. The minimum atomic E-state index is 0.536. The van der Waals surface area contributed by atoms with Crippen LogP contribution in [0.5, 0.6) is 0 Å². The van der Waals surface area contributed by atoms with E-state index in [1.165, 1.54) is 0 Å². The Morgan fingerprint density at radius 2 is 2.28 bits per heavy atom. The van der Waals surface area contributed by atoms with E-state index in [2.05, 4.69) is 10.1 Å². The lowest BCUT2D eigenvalue weighted by Gasteiger charge is -1.98. The second-order valence-corrected chi connectivity index (χ2v) is 4.17. The molecule has 0 spiro atoms. The van der Waals surface area contributed by atoms with Crippen LogP contribution in [-0.2, 0) is 11.3 Å². The number of aryl methyl sites for hydroxylation is 1. The Kier molecular flexibility index (Phi) is 2.68. The number of pyridine rings is 1. The molecule has 0 bridgehead atoms. The Morgan fingerprint density at radius 1 is 1.39 bits per heavy atom. The first-order valence-electron chi connectivity index (χ1n) is 6.03. The number of rotatable bonds is 3. The molecule has 0 atom stereocenters. The van der Waals surface area contributed by atoms with Gasteiger partial charge in [0.1, 0.15) is 18.0 Å². The number of ether oxygens (including phenoxy) is 1. The van der Waals surface area contributed by atoms with Gasteiger partial charge in [0.15, 0.2) is 0 Å². The Bertz CT molecular complexity index is 705. The van der Waals surface area contributed by atoms with Gasteiger partial charge in [-0.2, -0.15) is 4.40 Å². The maximum Gasteiger partial charge on any atom is 0.392 e. The maximum absolute atomic E-state index is 5.41. The first-order valence-corrected chi connectivity index (χ1v) is 6.03. The minimum absolute atomic E-state index is 0.536. The van der Waals surface area contributed by atoms with Gasteiger partial charge in [-0.15, -0.1) is 4.98 Å². The number of aromatic nitrogens is 4. The van der Waals surface area contributed by atoms with Crippen molar-refractivity contribution < 1.29 is 9.14 Å². The van der Waals surface area contributed by atoms with Crippen molar-refractivity contribution in [3.05, 3.63) is 41.9 Å². The molecule has 0 aliphatic heterocycles. The van der Waals surface area contributed by atoms with E-state index in [9.17, 15) is 0 Å². The van der Waals surface area contributed by atoms with Crippen molar-refractivity contribution in [1.29, 1.82) is 0 Å². The van der Waals surface area contributed by atoms with Crippen LogP contribution in [0.3, 0.4) is 0 Å². The number of hydrogen-bond donors (Lipinski definition) is 0. The lowest BCUT2D eigenvalue weighted by Crippen LogP contribution is -2.21. The van der Waals surface area contributed by atoms with Crippen molar-refractivity contribution >= 4 is 11.4 Å². The predicted molar refractivity (Wildman–Crippen MR) is 66.2 cm³/mol. The van der Waals surface area contributed by atoms with E-state index in [0.717, 1.165) is 22.8 Å². The van der Waals surface area contributed by atoms with Crippen LogP contribution >= 0.6 is 0 Å². The Labute approximate surface area is 105 Å². The molecule has 0 aliphatic rings. The van der Waals surface area contributed by atoms with Gasteiger partial charge in [0.25, 0.3) is 5.65 Å². The molecule has 0 radical (unpaired) electrons. The molecule has 3 aromatic heterocycles. The first kappa shape index (κ1) is 11.1. The molecule has 0 fully saturated rings. The molecule has 0 saturated carbocycles. The SMILES string of the molecule is CCOCc1cc(C)n2nc3cccc[n+]3c2n1. The molecule has 0 amide bonds. The van der Waals surface area contributed by atoms with Gasteiger partial charge in [0.05, 0.1) is 6.20 Å². The third kappa shape index (κ3) is 1.73. The molecule has 0 aliphatic carbocycles. The van der Waals surface area contributed by atoms with Crippen LogP contribution in [0.1, 0.15) is 18.3 Å². The van der Waals surface area contributed by atoms with Crippen LogP contribution in [-0.4, -0.2) is 21.2 Å². The van der Waals surface area contributed by atoms with Gasteiger partial charge in [0.2, 0.25) is 0 Å². The average molecular weight is 243 g/mol. The van der Waals surface area contributed by atoms with Gasteiger partial charge in [0, 0.05) is 23.8 Å². The molecule has 5 heteroatoms.